The number of carbonyl (C=O) groups excluding carboxylic acids is 2. The monoisotopic (exact) mass is 405 g/mol. The second kappa shape index (κ2) is 8.70. The fourth-order valence-electron chi connectivity index (χ4n) is 3.21. The normalized spacial score (nSPS) is 10.5. The van der Waals surface area contributed by atoms with E-state index in [1.165, 1.54) is 4.90 Å². The van der Waals surface area contributed by atoms with E-state index in [2.05, 4.69) is 6.07 Å². The molecule has 0 spiro atoms. The lowest BCUT2D eigenvalue weighted by Gasteiger charge is -2.18. The van der Waals surface area contributed by atoms with Crippen molar-refractivity contribution in [2.24, 2.45) is 0 Å². The molecule has 0 aliphatic heterocycles. The van der Waals surface area contributed by atoms with Gasteiger partial charge in [0.15, 0.2) is 6.61 Å². The van der Waals surface area contributed by atoms with E-state index in [9.17, 15) is 14.9 Å². The number of hydrogen-bond donors (Lipinski definition) is 0. The van der Waals surface area contributed by atoms with Crippen molar-refractivity contribution in [1.82, 2.24) is 9.47 Å². The Morgan fingerprint density at radius 2 is 1.90 bits per heavy atom. The molecule has 0 fully saturated rings. The summed E-state index contributed by atoms with van der Waals surface area (Å²) < 4.78 is 12.4. The lowest BCUT2D eigenvalue weighted by atomic mass is 10.1. The van der Waals surface area contributed by atoms with Crippen molar-refractivity contribution in [2.45, 2.75) is 27.3 Å². The first kappa shape index (κ1) is 20.9. The third kappa shape index (κ3) is 4.28. The van der Waals surface area contributed by atoms with E-state index in [4.69, 9.17) is 9.15 Å². The SMILES string of the molecule is Cc1ccc(CN(C)C(=O)COC(=O)c2c(C)oc(-n3cccc3)c2C#N)c(C)c1. The van der Waals surface area contributed by atoms with Gasteiger partial charge < -0.3 is 14.1 Å². The molecule has 0 saturated heterocycles. The van der Waals surface area contributed by atoms with Gasteiger partial charge in [0.05, 0.1) is 0 Å². The summed E-state index contributed by atoms with van der Waals surface area (Å²) >= 11 is 0. The van der Waals surface area contributed by atoms with Crippen molar-refractivity contribution in [1.29, 1.82) is 5.26 Å². The van der Waals surface area contributed by atoms with Crippen molar-refractivity contribution >= 4 is 11.9 Å². The van der Waals surface area contributed by atoms with Crippen LogP contribution in [0.2, 0.25) is 0 Å². The van der Waals surface area contributed by atoms with E-state index < -0.39 is 12.6 Å². The first-order valence-electron chi connectivity index (χ1n) is 9.46. The van der Waals surface area contributed by atoms with Crippen molar-refractivity contribution in [3.63, 3.8) is 0 Å². The van der Waals surface area contributed by atoms with Gasteiger partial charge in [0.1, 0.15) is 23.0 Å². The number of likely N-dealkylation sites (N-methyl/N-ethyl adjacent to an activating group) is 1. The molecule has 30 heavy (non-hydrogen) atoms. The van der Waals surface area contributed by atoms with Gasteiger partial charge in [-0.25, -0.2) is 4.79 Å². The number of carbonyl (C=O) groups is 2. The summed E-state index contributed by atoms with van der Waals surface area (Å²) in [7, 11) is 1.66. The van der Waals surface area contributed by atoms with Crippen LogP contribution in [0.15, 0.2) is 47.1 Å². The topological polar surface area (TPSA) is 88.5 Å². The van der Waals surface area contributed by atoms with Gasteiger partial charge >= 0.3 is 5.97 Å². The number of benzene rings is 1. The predicted molar refractivity (Wildman–Crippen MR) is 110 cm³/mol. The Hall–Kier alpha value is -3.79. The quantitative estimate of drug-likeness (QED) is 0.584. The number of nitriles is 1. The minimum atomic E-state index is -0.764. The smallest absolute Gasteiger partial charge is 0.343 e. The molecule has 0 aliphatic rings. The standard InChI is InChI=1S/C23H23N3O4/c1-15-7-8-18(16(2)11-15)13-25(4)20(27)14-29-23(28)21-17(3)30-22(19(21)12-24)26-9-5-6-10-26/h5-11H,13-14H2,1-4H3. The molecule has 2 aromatic heterocycles. The van der Waals surface area contributed by atoms with Crippen molar-refractivity contribution < 1.29 is 18.7 Å². The minimum absolute atomic E-state index is 0.0334. The maximum Gasteiger partial charge on any atom is 0.343 e. The Morgan fingerprint density at radius 3 is 2.53 bits per heavy atom. The summed E-state index contributed by atoms with van der Waals surface area (Å²) in [6.07, 6.45) is 3.42. The summed E-state index contributed by atoms with van der Waals surface area (Å²) in [6, 6.07) is 11.6. The maximum absolute atomic E-state index is 12.6. The van der Waals surface area contributed by atoms with E-state index in [1.807, 2.05) is 32.0 Å². The number of ether oxygens (including phenoxy) is 1. The fraction of sp³-hybridized carbons (Fsp3) is 0.261. The maximum atomic E-state index is 12.6. The molecule has 3 aromatic rings. The Bertz CT molecular complexity index is 1120. The number of amides is 1. The van der Waals surface area contributed by atoms with Crippen LogP contribution in [-0.2, 0) is 16.1 Å². The van der Waals surface area contributed by atoms with Crippen molar-refractivity contribution in [3.05, 3.63) is 76.3 Å². The Morgan fingerprint density at radius 1 is 1.20 bits per heavy atom. The molecule has 0 saturated carbocycles. The minimum Gasteiger partial charge on any atom is -0.452 e. The molecule has 0 atom stereocenters. The number of esters is 1. The van der Waals surface area contributed by atoms with Crippen LogP contribution in [0.25, 0.3) is 5.88 Å². The zero-order valence-corrected chi connectivity index (χ0v) is 17.4. The number of furan rings is 1. The third-order valence-corrected chi connectivity index (χ3v) is 4.88. The Labute approximate surface area is 175 Å². The highest BCUT2D eigenvalue weighted by Gasteiger charge is 2.26. The molecule has 7 nitrogen and oxygen atoms in total. The highest BCUT2D eigenvalue weighted by molar-refractivity contribution is 5.95. The number of nitrogens with zero attached hydrogens (tertiary/aromatic N) is 3. The largest absolute Gasteiger partial charge is 0.452 e. The van der Waals surface area contributed by atoms with Gasteiger partial charge in [-0.15, -0.1) is 0 Å². The summed E-state index contributed by atoms with van der Waals surface area (Å²) in [5.74, 6) is -0.602. The lowest BCUT2D eigenvalue weighted by molar-refractivity contribution is -0.133. The van der Waals surface area contributed by atoms with Crippen LogP contribution >= 0.6 is 0 Å². The van der Waals surface area contributed by atoms with Gasteiger partial charge in [-0.05, 0) is 44.0 Å². The second-order valence-electron chi connectivity index (χ2n) is 7.17. The number of aryl methyl sites for hydroxylation is 3. The molecule has 0 N–H and O–H groups in total. The van der Waals surface area contributed by atoms with Gasteiger partial charge in [0.25, 0.3) is 5.91 Å². The van der Waals surface area contributed by atoms with Gasteiger partial charge in [0.2, 0.25) is 5.88 Å². The summed E-state index contributed by atoms with van der Waals surface area (Å²) in [4.78, 5) is 26.5. The molecule has 7 heteroatoms. The first-order chi connectivity index (χ1) is 14.3. The van der Waals surface area contributed by atoms with Crippen LogP contribution in [0.3, 0.4) is 0 Å². The van der Waals surface area contributed by atoms with Crippen LogP contribution in [-0.4, -0.2) is 35.0 Å². The summed E-state index contributed by atoms with van der Waals surface area (Å²) in [5, 5.41) is 9.53. The number of rotatable bonds is 6. The van der Waals surface area contributed by atoms with Gasteiger partial charge in [-0.1, -0.05) is 23.8 Å². The first-order valence-corrected chi connectivity index (χ1v) is 9.46. The zero-order chi connectivity index (χ0) is 21.8. The van der Waals surface area contributed by atoms with Crippen LogP contribution in [0, 0.1) is 32.1 Å². The Kier molecular flexibility index (Phi) is 6.07. The van der Waals surface area contributed by atoms with Crippen LogP contribution < -0.4 is 0 Å². The number of aromatic nitrogens is 1. The highest BCUT2D eigenvalue weighted by Crippen LogP contribution is 2.26. The lowest BCUT2D eigenvalue weighted by Crippen LogP contribution is -2.31. The third-order valence-electron chi connectivity index (χ3n) is 4.88. The molecule has 154 valence electrons. The van der Waals surface area contributed by atoms with E-state index in [-0.39, 0.29) is 28.7 Å². The zero-order valence-electron chi connectivity index (χ0n) is 17.4. The van der Waals surface area contributed by atoms with Gasteiger partial charge in [0, 0.05) is 26.0 Å². The van der Waals surface area contributed by atoms with Gasteiger partial charge in [-0.2, -0.15) is 5.26 Å². The molecule has 1 amide bonds. The second-order valence-corrected chi connectivity index (χ2v) is 7.17. The summed E-state index contributed by atoms with van der Waals surface area (Å²) in [5.41, 5.74) is 3.38. The Balaban J connectivity index is 1.68. The summed E-state index contributed by atoms with van der Waals surface area (Å²) in [6.45, 7) is 5.58. The average molecular weight is 405 g/mol. The van der Waals surface area contributed by atoms with E-state index in [0.29, 0.717) is 6.54 Å². The molecule has 0 bridgehead atoms. The van der Waals surface area contributed by atoms with Crippen LogP contribution in [0.5, 0.6) is 0 Å². The van der Waals surface area contributed by atoms with Crippen molar-refractivity contribution in [2.75, 3.05) is 13.7 Å². The average Bonchev–Trinajstić information content (AvgIpc) is 3.35. The fourth-order valence-corrected chi connectivity index (χ4v) is 3.21. The van der Waals surface area contributed by atoms with Crippen LogP contribution in [0.4, 0.5) is 0 Å². The molecule has 3 rings (SSSR count). The van der Waals surface area contributed by atoms with Crippen LogP contribution in [0.1, 0.15) is 38.4 Å². The molecule has 0 aliphatic carbocycles. The molecule has 0 unspecified atom stereocenters. The van der Waals surface area contributed by atoms with E-state index in [1.54, 1.807) is 43.1 Å². The van der Waals surface area contributed by atoms with E-state index in [0.717, 1.165) is 16.7 Å². The van der Waals surface area contributed by atoms with Crippen molar-refractivity contribution in [3.8, 4) is 12.0 Å². The van der Waals surface area contributed by atoms with Gasteiger partial charge in [-0.3, -0.25) is 9.36 Å². The number of hydrogen-bond acceptors (Lipinski definition) is 5. The van der Waals surface area contributed by atoms with E-state index >= 15 is 0 Å². The predicted octanol–water partition coefficient (Wildman–Crippen LogP) is 3.68. The molecule has 2 heterocycles. The highest BCUT2D eigenvalue weighted by atomic mass is 16.5. The molecular formula is C23H23N3O4. The molecule has 0 radical (unpaired) electrons. The molecular weight excluding hydrogens is 382 g/mol. The molecule has 1 aromatic carbocycles.